The van der Waals surface area contributed by atoms with E-state index in [1.807, 2.05) is 0 Å². The molecule has 28 heavy (non-hydrogen) atoms. The molecule has 3 rings (SSSR count). The average molecular weight is 389 g/mol. The number of anilines is 1. The summed E-state index contributed by atoms with van der Waals surface area (Å²) in [7, 11) is 0. The monoisotopic (exact) mass is 388 g/mol. The van der Waals surface area contributed by atoms with E-state index in [0.717, 1.165) is 51.9 Å². The second-order valence-corrected chi connectivity index (χ2v) is 8.51. The number of benzene rings is 1. The highest BCUT2D eigenvalue weighted by Crippen LogP contribution is 2.32. The summed E-state index contributed by atoms with van der Waals surface area (Å²) in [6.07, 6.45) is 3.90. The summed E-state index contributed by atoms with van der Waals surface area (Å²) in [4.78, 5) is 28.4. The summed E-state index contributed by atoms with van der Waals surface area (Å²) in [5, 5.41) is 14.7. The van der Waals surface area contributed by atoms with Crippen molar-refractivity contribution >= 4 is 17.3 Å². The number of nitro benzene ring substituents is 1. The number of amides is 1. The van der Waals surface area contributed by atoms with Gasteiger partial charge in [-0.25, -0.2) is 0 Å². The third-order valence-corrected chi connectivity index (χ3v) is 6.15. The number of nitro groups is 1. The van der Waals surface area contributed by atoms with Gasteiger partial charge >= 0.3 is 0 Å². The molecule has 7 heteroatoms. The topological polar surface area (TPSA) is 78.7 Å². The van der Waals surface area contributed by atoms with Gasteiger partial charge in [0.05, 0.1) is 4.92 Å². The van der Waals surface area contributed by atoms with E-state index in [4.69, 9.17) is 0 Å². The Bertz CT molecular complexity index is 706. The minimum Gasteiger partial charge on any atom is -0.366 e. The van der Waals surface area contributed by atoms with Crippen LogP contribution < -0.4 is 10.2 Å². The van der Waals surface area contributed by atoms with Crippen LogP contribution in [0.25, 0.3) is 0 Å². The van der Waals surface area contributed by atoms with Gasteiger partial charge in [-0.15, -0.1) is 0 Å². The Morgan fingerprint density at radius 2 is 1.79 bits per heavy atom. The first-order chi connectivity index (χ1) is 13.3. The van der Waals surface area contributed by atoms with Crippen molar-refractivity contribution < 1.29 is 9.72 Å². The van der Waals surface area contributed by atoms with E-state index in [-0.39, 0.29) is 22.6 Å². The molecule has 1 aromatic rings. The first-order valence-electron chi connectivity index (χ1n) is 10.4. The van der Waals surface area contributed by atoms with Crippen LogP contribution in [0.15, 0.2) is 18.2 Å². The van der Waals surface area contributed by atoms with E-state index in [2.05, 4.69) is 35.9 Å². The van der Waals surface area contributed by atoms with Gasteiger partial charge in [0.25, 0.3) is 11.6 Å². The van der Waals surface area contributed by atoms with E-state index in [1.165, 1.54) is 6.07 Å². The first-order valence-corrected chi connectivity index (χ1v) is 10.4. The lowest BCUT2D eigenvalue weighted by Gasteiger charge is -2.34. The van der Waals surface area contributed by atoms with Crippen LogP contribution in [0.1, 0.15) is 56.8 Å². The van der Waals surface area contributed by atoms with Crippen molar-refractivity contribution in [3.8, 4) is 0 Å². The molecule has 0 aromatic heterocycles. The Kier molecular flexibility index (Phi) is 6.54. The van der Waals surface area contributed by atoms with Crippen LogP contribution in [0, 0.1) is 16.0 Å². The Morgan fingerprint density at radius 1 is 1.14 bits per heavy atom. The molecule has 0 bridgehead atoms. The van der Waals surface area contributed by atoms with Crippen molar-refractivity contribution in [1.82, 2.24) is 10.2 Å². The molecule has 1 N–H and O–H groups in total. The number of hydrogen-bond donors (Lipinski definition) is 1. The Labute approximate surface area is 167 Å². The largest absolute Gasteiger partial charge is 0.366 e. The van der Waals surface area contributed by atoms with Gasteiger partial charge in [-0.1, -0.05) is 6.92 Å². The second kappa shape index (κ2) is 8.90. The molecule has 0 aliphatic carbocycles. The van der Waals surface area contributed by atoms with Crippen molar-refractivity contribution in [3.63, 3.8) is 0 Å². The summed E-state index contributed by atoms with van der Waals surface area (Å²) < 4.78 is 0. The lowest BCUT2D eigenvalue weighted by molar-refractivity contribution is -0.384. The number of likely N-dealkylation sites (tertiary alicyclic amines) is 1. The maximum atomic E-state index is 12.7. The SMILES string of the molecule is CC1CCN(c2ccc(C(=O)NC3CCN(C(C)C)CC3)cc2[N+](=O)[O-])CC1. The number of carbonyl (C=O) groups excluding carboxylic acids is 1. The molecule has 0 saturated carbocycles. The van der Waals surface area contributed by atoms with E-state index < -0.39 is 0 Å². The minimum atomic E-state index is -0.370. The van der Waals surface area contributed by atoms with Crippen LogP contribution in [-0.4, -0.2) is 54.0 Å². The van der Waals surface area contributed by atoms with Gasteiger partial charge in [-0.3, -0.25) is 14.9 Å². The molecule has 7 nitrogen and oxygen atoms in total. The van der Waals surface area contributed by atoms with Crippen LogP contribution in [0.3, 0.4) is 0 Å². The van der Waals surface area contributed by atoms with Crippen molar-refractivity contribution in [1.29, 1.82) is 0 Å². The summed E-state index contributed by atoms with van der Waals surface area (Å²) in [5.74, 6) is 0.437. The molecular formula is C21H32N4O3. The zero-order chi connectivity index (χ0) is 20.3. The third kappa shape index (κ3) is 4.82. The third-order valence-electron chi connectivity index (χ3n) is 6.15. The molecule has 154 valence electrons. The van der Waals surface area contributed by atoms with Crippen LogP contribution in [-0.2, 0) is 0 Å². The number of hydrogen-bond acceptors (Lipinski definition) is 5. The summed E-state index contributed by atoms with van der Waals surface area (Å²) in [6.45, 7) is 10.2. The molecule has 2 saturated heterocycles. The van der Waals surface area contributed by atoms with Gasteiger partial charge in [-0.05, 0) is 57.6 Å². The quantitative estimate of drug-likeness (QED) is 0.617. The molecule has 0 spiro atoms. The zero-order valence-corrected chi connectivity index (χ0v) is 17.2. The lowest BCUT2D eigenvalue weighted by Crippen LogP contribution is -2.46. The number of nitrogens with zero attached hydrogens (tertiary/aromatic N) is 3. The standard InChI is InChI=1S/C21H32N4O3/c1-15(2)23-12-8-18(9-13-23)22-21(26)17-4-5-19(20(14-17)25(27)28)24-10-6-16(3)7-11-24/h4-5,14-16,18H,6-13H2,1-3H3,(H,22,26). The van der Waals surface area contributed by atoms with Gasteiger partial charge in [0, 0.05) is 49.9 Å². The van der Waals surface area contributed by atoms with E-state index in [9.17, 15) is 14.9 Å². The number of rotatable bonds is 5. The van der Waals surface area contributed by atoms with Gasteiger partial charge in [0.15, 0.2) is 0 Å². The maximum Gasteiger partial charge on any atom is 0.293 e. The zero-order valence-electron chi connectivity index (χ0n) is 17.2. The maximum absolute atomic E-state index is 12.7. The molecule has 2 aliphatic rings. The molecule has 2 aliphatic heterocycles. The van der Waals surface area contributed by atoms with Crippen molar-refractivity contribution in [3.05, 3.63) is 33.9 Å². The van der Waals surface area contributed by atoms with Crippen molar-refractivity contribution in [2.24, 2.45) is 5.92 Å². The molecular weight excluding hydrogens is 356 g/mol. The van der Waals surface area contributed by atoms with Gasteiger partial charge < -0.3 is 15.1 Å². The molecule has 0 unspecified atom stereocenters. The van der Waals surface area contributed by atoms with Gasteiger partial charge in [-0.2, -0.15) is 0 Å². The Balaban J connectivity index is 1.68. The van der Waals surface area contributed by atoms with E-state index in [0.29, 0.717) is 23.2 Å². The second-order valence-electron chi connectivity index (χ2n) is 8.51. The Morgan fingerprint density at radius 3 is 2.36 bits per heavy atom. The van der Waals surface area contributed by atoms with E-state index >= 15 is 0 Å². The fraction of sp³-hybridized carbons (Fsp3) is 0.667. The molecule has 2 fully saturated rings. The molecule has 0 radical (unpaired) electrons. The van der Waals surface area contributed by atoms with Crippen molar-refractivity contribution in [2.45, 2.75) is 58.5 Å². The predicted octanol–water partition coefficient (Wildman–Crippen LogP) is 3.43. The van der Waals surface area contributed by atoms with Gasteiger partial charge in [0.1, 0.15) is 5.69 Å². The number of nitrogens with one attached hydrogen (secondary N) is 1. The summed E-state index contributed by atoms with van der Waals surface area (Å²) >= 11 is 0. The number of piperidine rings is 2. The van der Waals surface area contributed by atoms with E-state index in [1.54, 1.807) is 12.1 Å². The molecule has 0 atom stereocenters. The number of carbonyl (C=O) groups is 1. The predicted molar refractivity (Wildman–Crippen MR) is 111 cm³/mol. The molecule has 2 heterocycles. The highest BCUT2D eigenvalue weighted by atomic mass is 16.6. The van der Waals surface area contributed by atoms with Crippen LogP contribution in [0.4, 0.5) is 11.4 Å². The van der Waals surface area contributed by atoms with Crippen LogP contribution in [0.2, 0.25) is 0 Å². The fourth-order valence-electron chi connectivity index (χ4n) is 4.16. The normalized spacial score (nSPS) is 19.8. The van der Waals surface area contributed by atoms with Crippen LogP contribution in [0.5, 0.6) is 0 Å². The minimum absolute atomic E-state index is 0.0248. The van der Waals surface area contributed by atoms with Crippen LogP contribution >= 0.6 is 0 Å². The van der Waals surface area contributed by atoms with Gasteiger partial charge in [0.2, 0.25) is 0 Å². The summed E-state index contributed by atoms with van der Waals surface area (Å²) in [5.41, 5.74) is 1.02. The Hall–Kier alpha value is -2.15. The highest BCUT2D eigenvalue weighted by molar-refractivity contribution is 5.96. The average Bonchev–Trinajstić information content (AvgIpc) is 2.68. The molecule has 1 aromatic carbocycles. The molecule has 1 amide bonds. The first kappa shape index (κ1) is 20.6. The smallest absolute Gasteiger partial charge is 0.293 e. The summed E-state index contributed by atoms with van der Waals surface area (Å²) in [6, 6.07) is 5.55. The van der Waals surface area contributed by atoms with Crippen molar-refractivity contribution in [2.75, 3.05) is 31.1 Å². The fourth-order valence-corrected chi connectivity index (χ4v) is 4.16. The lowest BCUT2D eigenvalue weighted by atomic mass is 9.98. The highest BCUT2D eigenvalue weighted by Gasteiger charge is 2.26.